The van der Waals surface area contributed by atoms with Gasteiger partial charge in [-0.2, -0.15) is 5.10 Å². The molecule has 9 heteroatoms. The van der Waals surface area contributed by atoms with E-state index in [9.17, 15) is 14.7 Å². The summed E-state index contributed by atoms with van der Waals surface area (Å²) >= 11 is 6.37. The second-order valence-corrected chi connectivity index (χ2v) is 8.59. The van der Waals surface area contributed by atoms with E-state index >= 15 is 0 Å². The van der Waals surface area contributed by atoms with Crippen LogP contribution in [0.4, 0.5) is 0 Å². The van der Waals surface area contributed by atoms with E-state index in [2.05, 4.69) is 10.1 Å². The smallest absolute Gasteiger partial charge is 0.312 e. The first kappa shape index (κ1) is 20.5. The quantitative estimate of drug-likeness (QED) is 0.459. The van der Waals surface area contributed by atoms with Gasteiger partial charge in [0.05, 0.1) is 35.6 Å². The third-order valence-corrected chi connectivity index (χ3v) is 6.01. The van der Waals surface area contributed by atoms with Crippen molar-refractivity contribution in [1.29, 1.82) is 0 Å². The normalized spacial score (nSPS) is 14.7. The van der Waals surface area contributed by atoms with E-state index in [0.29, 0.717) is 45.5 Å². The Labute approximate surface area is 188 Å². The Bertz CT molecular complexity index is 1410. The molecule has 0 saturated heterocycles. The standard InChI is InChI=1S/C23H21ClN4O4/c1-13(23(30)31)21-22(29)16-4-2-3-5-18(16)28(26-21)10-15-9-27-11-19(32-12-14-6-7-14)17(24)8-20(27)25-15/h2-5,8-9,11,13-14H,6-7,10,12H2,1H3,(H,30,31)/t13-/m1/s1. The Balaban J connectivity index is 1.54. The summed E-state index contributed by atoms with van der Waals surface area (Å²) in [5.41, 5.74) is 1.59. The fraction of sp³-hybridized carbons (Fsp3) is 0.304. The van der Waals surface area contributed by atoms with Gasteiger partial charge >= 0.3 is 5.97 Å². The zero-order chi connectivity index (χ0) is 22.4. The van der Waals surface area contributed by atoms with Gasteiger partial charge in [0, 0.05) is 17.6 Å². The molecule has 3 heterocycles. The number of fused-ring (bicyclic) bond motifs is 2. The van der Waals surface area contributed by atoms with Crippen molar-refractivity contribution in [2.75, 3.05) is 6.61 Å². The maximum atomic E-state index is 12.8. The third kappa shape index (κ3) is 3.82. The lowest BCUT2D eigenvalue weighted by Gasteiger charge is -2.13. The van der Waals surface area contributed by atoms with Gasteiger partial charge in [0.15, 0.2) is 5.75 Å². The van der Waals surface area contributed by atoms with Crippen LogP contribution in [0.1, 0.15) is 37.1 Å². The molecule has 1 atom stereocenters. The van der Waals surface area contributed by atoms with Crippen molar-refractivity contribution in [1.82, 2.24) is 19.2 Å². The van der Waals surface area contributed by atoms with Crippen LogP contribution < -0.4 is 10.2 Å². The van der Waals surface area contributed by atoms with E-state index in [-0.39, 0.29) is 17.7 Å². The molecule has 8 nitrogen and oxygen atoms in total. The van der Waals surface area contributed by atoms with Gasteiger partial charge in [-0.3, -0.25) is 14.3 Å². The van der Waals surface area contributed by atoms with Crippen molar-refractivity contribution in [3.8, 4) is 5.75 Å². The minimum atomic E-state index is -1.10. The third-order valence-electron chi connectivity index (χ3n) is 5.71. The number of benzene rings is 1. The van der Waals surface area contributed by atoms with Gasteiger partial charge in [-0.1, -0.05) is 23.7 Å². The van der Waals surface area contributed by atoms with Crippen molar-refractivity contribution in [2.45, 2.75) is 32.2 Å². The van der Waals surface area contributed by atoms with Crippen LogP contribution in [0.25, 0.3) is 16.6 Å². The zero-order valence-electron chi connectivity index (χ0n) is 17.4. The highest BCUT2D eigenvalue weighted by Gasteiger charge is 2.23. The Morgan fingerprint density at radius 3 is 2.84 bits per heavy atom. The second-order valence-electron chi connectivity index (χ2n) is 8.19. The van der Waals surface area contributed by atoms with E-state index in [1.807, 2.05) is 22.9 Å². The number of hydrogen-bond acceptors (Lipinski definition) is 5. The highest BCUT2D eigenvalue weighted by molar-refractivity contribution is 6.32. The molecule has 0 spiro atoms. The van der Waals surface area contributed by atoms with E-state index < -0.39 is 11.9 Å². The van der Waals surface area contributed by atoms with Gasteiger partial charge in [-0.05, 0) is 37.8 Å². The first-order valence-electron chi connectivity index (χ1n) is 10.4. The minimum absolute atomic E-state index is 0.00114. The molecule has 0 aliphatic heterocycles. The van der Waals surface area contributed by atoms with Crippen molar-refractivity contribution < 1.29 is 14.6 Å². The van der Waals surface area contributed by atoms with Crippen molar-refractivity contribution in [3.05, 3.63) is 69.4 Å². The van der Waals surface area contributed by atoms with Crippen LogP contribution in [0.15, 0.2) is 47.5 Å². The minimum Gasteiger partial charge on any atom is -0.490 e. The molecule has 1 saturated carbocycles. The number of ether oxygens (including phenoxy) is 1. The van der Waals surface area contributed by atoms with Crippen LogP contribution in [-0.4, -0.2) is 36.8 Å². The molecule has 0 bridgehead atoms. The Morgan fingerprint density at radius 2 is 2.09 bits per heavy atom. The number of rotatable bonds is 7. The summed E-state index contributed by atoms with van der Waals surface area (Å²) in [7, 11) is 0. The van der Waals surface area contributed by atoms with Gasteiger partial charge in [0.2, 0.25) is 5.43 Å². The van der Waals surface area contributed by atoms with Crippen LogP contribution in [0, 0.1) is 5.92 Å². The fourth-order valence-electron chi connectivity index (χ4n) is 3.65. The van der Waals surface area contributed by atoms with Crippen LogP contribution in [0.5, 0.6) is 5.75 Å². The molecule has 4 aromatic rings. The fourth-order valence-corrected chi connectivity index (χ4v) is 3.85. The second kappa shape index (κ2) is 7.94. The monoisotopic (exact) mass is 452 g/mol. The average Bonchev–Trinajstić information content (AvgIpc) is 3.53. The van der Waals surface area contributed by atoms with E-state index in [4.69, 9.17) is 16.3 Å². The number of imidazole rings is 1. The molecular weight excluding hydrogens is 432 g/mol. The van der Waals surface area contributed by atoms with Gasteiger partial charge in [0.25, 0.3) is 0 Å². The van der Waals surface area contributed by atoms with E-state index in [0.717, 1.165) is 0 Å². The molecule has 164 valence electrons. The number of halogens is 1. The number of nitrogens with zero attached hydrogens (tertiary/aromatic N) is 4. The molecule has 1 fully saturated rings. The zero-order valence-corrected chi connectivity index (χ0v) is 18.1. The Morgan fingerprint density at radius 1 is 1.31 bits per heavy atom. The highest BCUT2D eigenvalue weighted by Crippen LogP contribution is 2.32. The molecule has 1 aliphatic rings. The molecule has 0 radical (unpaired) electrons. The van der Waals surface area contributed by atoms with Crippen molar-refractivity contribution in [2.24, 2.45) is 5.92 Å². The topological polar surface area (TPSA) is 98.7 Å². The predicted octanol–water partition coefficient (Wildman–Crippen LogP) is 3.72. The lowest BCUT2D eigenvalue weighted by Crippen LogP contribution is -2.24. The van der Waals surface area contributed by atoms with Crippen LogP contribution in [0.3, 0.4) is 0 Å². The van der Waals surface area contributed by atoms with Gasteiger partial charge < -0.3 is 14.2 Å². The highest BCUT2D eigenvalue weighted by atomic mass is 35.5. The molecule has 0 amide bonds. The summed E-state index contributed by atoms with van der Waals surface area (Å²) in [6.45, 7) is 2.38. The summed E-state index contributed by atoms with van der Waals surface area (Å²) in [6, 6.07) is 8.78. The summed E-state index contributed by atoms with van der Waals surface area (Å²) in [5, 5.41) is 14.7. The molecule has 1 aromatic carbocycles. The van der Waals surface area contributed by atoms with E-state index in [1.165, 1.54) is 19.8 Å². The summed E-state index contributed by atoms with van der Waals surface area (Å²) in [5.74, 6) is -0.899. The summed E-state index contributed by atoms with van der Waals surface area (Å²) in [4.78, 5) is 29.0. The molecule has 1 N–H and O–H groups in total. The average molecular weight is 453 g/mol. The number of aliphatic carboxylic acids is 1. The number of pyridine rings is 1. The molecular formula is C23H21ClN4O4. The molecule has 32 heavy (non-hydrogen) atoms. The van der Waals surface area contributed by atoms with E-state index in [1.54, 1.807) is 28.9 Å². The van der Waals surface area contributed by atoms with Crippen molar-refractivity contribution in [3.63, 3.8) is 0 Å². The molecule has 3 aromatic heterocycles. The number of carboxylic acids is 1. The molecule has 5 rings (SSSR count). The first-order chi connectivity index (χ1) is 15.4. The van der Waals surface area contributed by atoms with Gasteiger partial charge in [0.1, 0.15) is 17.3 Å². The Hall–Kier alpha value is -3.39. The Kier molecular flexibility index (Phi) is 5.09. The van der Waals surface area contributed by atoms with Crippen LogP contribution in [-0.2, 0) is 11.3 Å². The van der Waals surface area contributed by atoms with Crippen LogP contribution >= 0.6 is 11.6 Å². The maximum absolute atomic E-state index is 12.8. The molecule has 0 unspecified atom stereocenters. The lowest BCUT2D eigenvalue weighted by molar-refractivity contribution is -0.138. The summed E-state index contributed by atoms with van der Waals surface area (Å²) in [6.07, 6.45) is 6.05. The number of aromatic nitrogens is 4. The SMILES string of the molecule is C[C@@H](C(=O)O)c1nn(Cc2cn3cc(OCC4CC4)c(Cl)cc3n2)c2ccccc2c1=O. The van der Waals surface area contributed by atoms with Gasteiger partial charge in [-0.25, -0.2) is 4.98 Å². The van der Waals surface area contributed by atoms with Crippen molar-refractivity contribution >= 4 is 34.1 Å². The first-order valence-corrected chi connectivity index (χ1v) is 10.8. The maximum Gasteiger partial charge on any atom is 0.312 e. The number of carboxylic acid groups (broad SMARTS) is 1. The summed E-state index contributed by atoms with van der Waals surface area (Å²) < 4.78 is 9.31. The predicted molar refractivity (Wildman–Crippen MR) is 120 cm³/mol. The number of hydrogen-bond donors (Lipinski definition) is 1. The van der Waals surface area contributed by atoms with Crippen LogP contribution in [0.2, 0.25) is 5.02 Å². The number of carbonyl (C=O) groups is 1. The number of para-hydroxylation sites is 1. The largest absolute Gasteiger partial charge is 0.490 e. The lowest BCUT2D eigenvalue weighted by atomic mass is 10.1. The molecule has 1 aliphatic carbocycles. The van der Waals surface area contributed by atoms with Gasteiger partial charge in [-0.15, -0.1) is 0 Å².